The summed E-state index contributed by atoms with van der Waals surface area (Å²) in [7, 11) is 0. The van der Waals surface area contributed by atoms with E-state index in [1.54, 1.807) is 0 Å². The molecule has 3 aromatic carbocycles. The monoisotopic (exact) mass is 487 g/mol. The lowest BCUT2D eigenvalue weighted by Crippen LogP contribution is -2.24. The van der Waals surface area contributed by atoms with Crippen molar-refractivity contribution in [3.8, 4) is 22.6 Å². The number of hydrogen-bond donors (Lipinski definition) is 2. The van der Waals surface area contributed by atoms with Gasteiger partial charge in [0.25, 0.3) is 5.91 Å². The quantitative estimate of drug-likeness (QED) is 0.394. The van der Waals surface area contributed by atoms with Gasteiger partial charge >= 0.3 is 0 Å². The van der Waals surface area contributed by atoms with Crippen LogP contribution in [-0.4, -0.2) is 36.7 Å². The number of ketones is 1. The minimum atomic E-state index is -0.432. The molecule has 1 saturated carbocycles. The van der Waals surface area contributed by atoms with Crippen molar-refractivity contribution in [3.63, 3.8) is 0 Å². The van der Waals surface area contributed by atoms with Crippen LogP contribution in [0.25, 0.3) is 11.1 Å². The first-order chi connectivity index (χ1) is 17.5. The Bertz CT molecular complexity index is 1280. The average molecular weight is 488 g/mol. The van der Waals surface area contributed by atoms with Crippen molar-refractivity contribution < 1.29 is 25.6 Å². The highest BCUT2D eigenvalue weighted by atomic mass is 16.7. The first-order valence-corrected chi connectivity index (χ1v) is 12.5. The van der Waals surface area contributed by atoms with E-state index in [4.69, 9.17) is 14.6 Å². The number of benzene rings is 3. The van der Waals surface area contributed by atoms with Crippen molar-refractivity contribution in [2.45, 2.75) is 44.4 Å². The molecule has 0 unspecified atom stereocenters. The Morgan fingerprint density at radius 3 is 2.50 bits per heavy atom. The molecular weight excluding hydrogens is 454 g/mol. The predicted molar refractivity (Wildman–Crippen MR) is 140 cm³/mol. The Labute approximate surface area is 212 Å². The largest absolute Gasteiger partial charge is 0.454 e. The van der Waals surface area contributed by atoms with Crippen LogP contribution < -0.4 is 14.8 Å². The van der Waals surface area contributed by atoms with Crippen LogP contribution in [0.5, 0.6) is 11.5 Å². The summed E-state index contributed by atoms with van der Waals surface area (Å²) in [5, 5.41) is 11.7. The van der Waals surface area contributed by atoms with Gasteiger partial charge in [0.2, 0.25) is 6.79 Å². The first kappa shape index (κ1) is 24.1. The topological polar surface area (TPSA) is 84.9 Å². The van der Waals surface area contributed by atoms with Gasteiger partial charge in [0.05, 0.1) is 5.41 Å². The number of fused-ring (bicyclic) bond motifs is 1. The van der Waals surface area contributed by atoms with Crippen LogP contribution >= 0.6 is 0 Å². The Morgan fingerprint density at radius 1 is 0.972 bits per heavy atom. The van der Waals surface area contributed by atoms with E-state index in [1.807, 2.05) is 48.5 Å². The molecule has 6 heteroatoms. The van der Waals surface area contributed by atoms with Crippen LogP contribution in [0, 0.1) is 6.92 Å². The second kappa shape index (κ2) is 10.2. The summed E-state index contributed by atoms with van der Waals surface area (Å²) >= 11 is 0. The van der Waals surface area contributed by atoms with Gasteiger partial charge in [-0.3, -0.25) is 9.59 Å². The fourth-order valence-electron chi connectivity index (χ4n) is 4.83. The highest BCUT2D eigenvalue weighted by molar-refractivity contribution is 5.95. The minimum absolute atomic E-state index is 0. The molecule has 36 heavy (non-hydrogen) atoms. The highest BCUT2D eigenvalue weighted by Gasteiger charge is 2.50. The summed E-state index contributed by atoms with van der Waals surface area (Å²) in [4.78, 5) is 25.8. The number of aryl methyl sites for hydroxylation is 1. The van der Waals surface area contributed by atoms with Crippen molar-refractivity contribution in [2.24, 2.45) is 0 Å². The van der Waals surface area contributed by atoms with E-state index < -0.39 is 5.41 Å². The molecule has 2 N–H and O–H groups in total. The third-order valence-electron chi connectivity index (χ3n) is 7.20. The lowest BCUT2D eigenvalue weighted by molar-refractivity contribution is -0.120. The van der Waals surface area contributed by atoms with E-state index in [0.717, 1.165) is 52.8 Å². The molecular formula is C30H33NO5. The highest BCUT2D eigenvalue weighted by Crippen LogP contribution is 2.51. The zero-order valence-electron chi connectivity index (χ0n) is 20.5. The number of aliphatic hydroxyl groups excluding tert-OH is 1. The van der Waals surface area contributed by atoms with E-state index in [-0.39, 0.29) is 26.5 Å². The SMILES string of the molecule is Cc1ccc(CC(=O)C2(c3ccc4c(c3)OCO4)CC2)cc1-c1ccc(C(=O)NCCCCO)cc1.[HH]. The second-order valence-electron chi connectivity index (χ2n) is 9.66. The molecule has 5 rings (SSSR count). The molecule has 0 saturated heterocycles. The number of carbonyl (C=O) groups is 2. The van der Waals surface area contributed by atoms with Crippen LogP contribution in [-0.2, 0) is 16.6 Å². The van der Waals surface area contributed by atoms with Gasteiger partial charge in [0.15, 0.2) is 11.5 Å². The zero-order chi connectivity index (χ0) is 25.1. The standard InChI is InChI=1S/C30H31NO5.H2/c1-20-4-5-21(16-25(20)22-6-8-23(9-7-22)29(34)31-14-2-3-15-32)17-28(33)30(12-13-30)24-10-11-26-27(18-24)36-19-35-26;/h4-11,16,18,32H,2-3,12-15,17,19H2,1H3,(H,31,34);1H. The molecule has 2 aliphatic rings. The Hall–Kier alpha value is -3.64. The minimum Gasteiger partial charge on any atom is -0.454 e. The number of carbonyl (C=O) groups excluding carboxylic acids is 2. The molecule has 1 fully saturated rings. The van der Waals surface area contributed by atoms with Crippen molar-refractivity contribution >= 4 is 11.7 Å². The molecule has 0 bridgehead atoms. The lowest BCUT2D eigenvalue weighted by Gasteiger charge is -2.16. The van der Waals surface area contributed by atoms with Crippen LogP contribution in [0.2, 0.25) is 0 Å². The predicted octanol–water partition coefficient (Wildman–Crippen LogP) is 4.98. The number of unbranched alkanes of at least 4 members (excludes halogenated alkanes) is 1. The lowest BCUT2D eigenvalue weighted by atomic mass is 9.87. The van der Waals surface area contributed by atoms with Gasteiger partial charge in [-0.25, -0.2) is 0 Å². The third kappa shape index (κ3) is 4.86. The van der Waals surface area contributed by atoms with Crippen LogP contribution in [0.15, 0.2) is 60.7 Å². The molecule has 0 spiro atoms. The zero-order valence-corrected chi connectivity index (χ0v) is 20.5. The average Bonchev–Trinajstić information content (AvgIpc) is 3.58. The van der Waals surface area contributed by atoms with Gasteiger partial charge in [0, 0.05) is 26.6 Å². The van der Waals surface area contributed by atoms with Crippen molar-refractivity contribution in [1.82, 2.24) is 5.32 Å². The maximum atomic E-state index is 13.4. The van der Waals surface area contributed by atoms with E-state index in [0.29, 0.717) is 30.7 Å². The van der Waals surface area contributed by atoms with E-state index in [9.17, 15) is 9.59 Å². The van der Waals surface area contributed by atoms with Gasteiger partial charge in [-0.1, -0.05) is 36.4 Å². The number of amides is 1. The van der Waals surface area contributed by atoms with Gasteiger partial charge in [-0.15, -0.1) is 0 Å². The Balaban J connectivity index is 0.00000320. The summed E-state index contributed by atoms with van der Waals surface area (Å²) in [6, 6.07) is 19.6. The number of Topliss-reactive ketones (excluding diaryl/α,β-unsaturated/α-hetero) is 1. The van der Waals surface area contributed by atoms with Crippen molar-refractivity contribution in [3.05, 3.63) is 82.9 Å². The van der Waals surface area contributed by atoms with Gasteiger partial charge in [0.1, 0.15) is 5.78 Å². The molecule has 1 aliphatic carbocycles. The number of aliphatic hydroxyl groups is 1. The van der Waals surface area contributed by atoms with Crippen molar-refractivity contribution in [1.29, 1.82) is 0 Å². The van der Waals surface area contributed by atoms with E-state index in [1.165, 1.54) is 0 Å². The molecule has 1 heterocycles. The van der Waals surface area contributed by atoms with E-state index in [2.05, 4.69) is 24.4 Å². The number of rotatable bonds is 10. The number of ether oxygens (including phenoxy) is 2. The molecule has 6 nitrogen and oxygen atoms in total. The number of hydrogen-bond acceptors (Lipinski definition) is 5. The van der Waals surface area contributed by atoms with Crippen LogP contribution in [0.4, 0.5) is 0 Å². The molecule has 0 aromatic heterocycles. The Kier molecular flexibility index (Phi) is 6.79. The fraction of sp³-hybridized carbons (Fsp3) is 0.333. The summed E-state index contributed by atoms with van der Waals surface area (Å²) in [6.07, 6.45) is 3.51. The summed E-state index contributed by atoms with van der Waals surface area (Å²) in [6.45, 7) is 2.96. The van der Waals surface area contributed by atoms with Gasteiger partial charge in [-0.2, -0.15) is 0 Å². The summed E-state index contributed by atoms with van der Waals surface area (Å²) in [5.74, 6) is 1.56. The Morgan fingerprint density at radius 2 is 1.75 bits per heavy atom. The van der Waals surface area contributed by atoms with E-state index >= 15 is 0 Å². The molecule has 1 aliphatic heterocycles. The molecule has 0 radical (unpaired) electrons. The first-order valence-electron chi connectivity index (χ1n) is 12.5. The maximum Gasteiger partial charge on any atom is 0.251 e. The fourth-order valence-corrected chi connectivity index (χ4v) is 4.83. The molecule has 188 valence electrons. The normalized spacial score (nSPS) is 14.9. The van der Waals surface area contributed by atoms with Gasteiger partial charge < -0.3 is 19.9 Å². The summed E-state index contributed by atoms with van der Waals surface area (Å²) in [5.41, 5.74) is 5.35. The molecule has 1 amide bonds. The third-order valence-corrected chi connectivity index (χ3v) is 7.20. The molecule has 0 atom stereocenters. The smallest absolute Gasteiger partial charge is 0.251 e. The molecule has 3 aromatic rings. The summed E-state index contributed by atoms with van der Waals surface area (Å²) < 4.78 is 10.9. The van der Waals surface area contributed by atoms with Crippen molar-refractivity contribution in [2.75, 3.05) is 19.9 Å². The second-order valence-corrected chi connectivity index (χ2v) is 9.66. The maximum absolute atomic E-state index is 13.4. The van der Waals surface area contributed by atoms with Crippen LogP contribution in [0.1, 0.15) is 54.2 Å². The van der Waals surface area contributed by atoms with Crippen LogP contribution in [0.3, 0.4) is 0 Å². The van der Waals surface area contributed by atoms with Gasteiger partial charge in [-0.05, 0) is 84.7 Å². The number of nitrogens with one attached hydrogen (secondary N) is 1.